The fraction of sp³-hybridized carbons (Fsp3) is 0.500. The Morgan fingerprint density at radius 2 is 1.95 bits per heavy atom. The number of likely N-dealkylation sites (tertiary alicyclic amines) is 1. The first kappa shape index (κ1) is 18.9. The molecule has 0 saturated carbocycles. The summed E-state index contributed by atoms with van der Waals surface area (Å²) in [5, 5.41) is 0. The van der Waals surface area contributed by atoms with E-state index in [0.717, 1.165) is 11.8 Å². The molecule has 2 atom stereocenters. The van der Waals surface area contributed by atoms with Gasteiger partial charge in [-0.1, -0.05) is 30.3 Å². The van der Waals surface area contributed by atoms with Crippen molar-refractivity contribution >= 4 is 28.3 Å². The van der Waals surface area contributed by atoms with Crippen LogP contribution in [0.1, 0.15) is 18.9 Å². The SMILES string of the molecule is CC(N)(C(=O)N1CCC(NS(C)(=O)=O)C1)c1ccccc1.Cl. The molecule has 3 N–H and O–H groups in total. The van der Waals surface area contributed by atoms with Crippen LogP contribution in [0.2, 0.25) is 0 Å². The molecule has 8 heteroatoms. The molecule has 0 radical (unpaired) electrons. The minimum absolute atomic E-state index is 0. The van der Waals surface area contributed by atoms with E-state index < -0.39 is 15.6 Å². The van der Waals surface area contributed by atoms with E-state index in [2.05, 4.69) is 4.72 Å². The Kier molecular flexibility index (Phi) is 5.97. The summed E-state index contributed by atoms with van der Waals surface area (Å²) >= 11 is 0. The minimum atomic E-state index is -3.26. The van der Waals surface area contributed by atoms with Crippen LogP contribution in [0.4, 0.5) is 0 Å². The van der Waals surface area contributed by atoms with Crippen molar-refractivity contribution in [3.05, 3.63) is 35.9 Å². The number of hydrogen-bond donors (Lipinski definition) is 2. The van der Waals surface area contributed by atoms with E-state index in [1.165, 1.54) is 0 Å². The van der Waals surface area contributed by atoms with Gasteiger partial charge in [0, 0.05) is 19.1 Å². The first-order chi connectivity index (χ1) is 9.70. The maximum Gasteiger partial charge on any atom is 0.247 e. The number of sulfonamides is 1. The normalized spacial score (nSPS) is 21.0. The molecule has 1 aromatic rings. The molecule has 124 valence electrons. The zero-order valence-corrected chi connectivity index (χ0v) is 14.3. The maximum atomic E-state index is 12.6. The number of nitrogens with two attached hydrogens (primary N) is 1. The van der Waals surface area contributed by atoms with Gasteiger partial charge in [0.05, 0.1) is 6.26 Å². The summed E-state index contributed by atoms with van der Waals surface area (Å²) in [6, 6.07) is 8.94. The lowest BCUT2D eigenvalue weighted by molar-refractivity contribution is -0.135. The Labute approximate surface area is 137 Å². The first-order valence-electron chi connectivity index (χ1n) is 6.81. The van der Waals surface area contributed by atoms with Crippen molar-refractivity contribution in [3.63, 3.8) is 0 Å². The highest BCUT2D eigenvalue weighted by Crippen LogP contribution is 2.23. The summed E-state index contributed by atoms with van der Waals surface area (Å²) in [5.74, 6) is -0.188. The van der Waals surface area contributed by atoms with Crippen LogP contribution in [0.25, 0.3) is 0 Å². The molecule has 0 spiro atoms. The van der Waals surface area contributed by atoms with E-state index in [1.807, 2.05) is 30.3 Å². The van der Waals surface area contributed by atoms with Gasteiger partial charge in [0.2, 0.25) is 15.9 Å². The van der Waals surface area contributed by atoms with Gasteiger partial charge < -0.3 is 10.6 Å². The number of nitrogens with one attached hydrogen (secondary N) is 1. The predicted octanol–water partition coefficient (Wildman–Crippen LogP) is 0.432. The molecule has 0 aliphatic carbocycles. The van der Waals surface area contributed by atoms with Crippen molar-refractivity contribution in [1.29, 1.82) is 0 Å². The maximum absolute atomic E-state index is 12.6. The molecule has 1 aliphatic rings. The molecule has 22 heavy (non-hydrogen) atoms. The van der Waals surface area contributed by atoms with Gasteiger partial charge in [-0.15, -0.1) is 12.4 Å². The molecule has 6 nitrogen and oxygen atoms in total. The van der Waals surface area contributed by atoms with Crippen LogP contribution < -0.4 is 10.5 Å². The van der Waals surface area contributed by atoms with Gasteiger partial charge in [-0.25, -0.2) is 13.1 Å². The highest BCUT2D eigenvalue weighted by Gasteiger charge is 2.38. The molecule has 1 saturated heterocycles. The second kappa shape index (κ2) is 6.95. The fourth-order valence-electron chi connectivity index (χ4n) is 2.58. The average Bonchev–Trinajstić information content (AvgIpc) is 2.85. The van der Waals surface area contributed by atoms with Crippen molar-refractivity contribution in [1.82, 2.24) is 9.62 Å². The third kappa shape index (κ3) is 4.42. The van der Waals surface area contributed by atoms with Gasteiger partial charge in [0.15, 0.2) is 0 Å². The first-order valence-corrected chi connectivity index (χ1v) is 8.70. The van der Waals surface area contributed by atoms with E-state index in [9.17, 15) is 13.2 Å². The Morgan fingerprint density at radius 1 is 1.36 bits per heavy atom. The number of hydrogen-bond acceptors (Lipinski definition) is 4. The van der Waals surface area contributed by atoms with Gasteiger partial charge >= 0.3 is 0 Å². The summed E-state index contributed by atoms with van der Waals surface area (Å²) in [4.78, 5) is 14.2. The molecule has 1 fully saturated rings. The van der Waals surface area contributed by atoms with Gasteiger partial charge in [-0.3, -0.25) is 4.79 Å². The van der Waals surface area contributed by atoms with Crippen molar-refractivity contribution < 1.29 is 13.2 Å². The second-order valence-corrected chi connectivity index (χ2v) is 7.48. The van der Waals surface area contributed by atoms with E-state index in [0.29, 0.717) is 19.5 Å². The number of benzene rings is 1. The topological polar surface area (TPSA) is 92.5 Å². The number of carbonyl (C=O) groups excluding carboxylic acids is 1. The number of nitrogens with zero attached hydrogens (tertiary/aromatic N) is 1. The number of halogens is 1. The molecule has 1 heterocycles. The Hall–Kier alpha value is -1.15. The molecule has 2 unspecified atom stereocenters. The van der Waals surface area contributed by atoms with Crippen molar-refractivity contribution in [2.24, 2.45) is 5.73 Å². The van der Waals surface area contributed by atoms with Crippen molar-refractivity contribution in [3.8, 4) is 0 Å². The van der Waals surface area contributed by atoms with Gasteiger partial charge in [-0.2, -0.15) is 0 Å². The van der Waals surface area contributed by atoms with Gasteiger partial charge in [-0.05, 0) is 18.9 Å². The third-order valence-corrected chi connectivity index (χ3v) is 4.44. The molecule has 2 rings (SSSR count). The number of rotatable bonds is 4. The summed E-state index contributed by atoms with van der Waals surface area (Å²) in [7, 11) is -3.26. The average molecular weight is 348 g/mol. The smallest absolute Gasteiger partial charge is 0.247 e. The fourth-order valence-corrected chi connectivity index (χ4v) is 3.38. The lowest BCUT2D eigenvalue weighted by atomic mass is 9.92. The molecule has 1 amide bonds. The molecular formula is C14H22ClN3O3S. The van der Waals surface area contributed by atoms with E-state index in [1.54, 1.807) is 11.8 Å². The zero-order valence-electron chi connectivity index (χ0n) is 12.7. The van der Waals surface area contributed by atoms with E-state index in [4.69, 9.17) is 5.73 Å². The monoisotopic (exact) mass is 347 g/mol. The number of amides is 1. The minimum Gasteiger partial charge on any atom is -0.339 e. The molecular weight excluding hydrogens is 326 g/mol. The van der Waals surface area contributed by atoms with Crippen LogP contribution >= 0.6 is 12.4 Å². The highest BCUT2D eigenvalue weighted by atomic mass is 35.5. The highest BCUT2D eigenvalue weighted by molar-refractivity contribution is 7.88. The van der Waals surface area contributed by atoms with Gasteiger partial charge in [0.25, 0.3) is 0 Å². The Balaban J connectivity index is 0.00000242. The Bertz CT molecular complexity index is 619. The molecule has 1 aliphatic heterocycles. The summed E-state index contributed by atoms with van der Waals surface area (Å²) < 4.78 is 25.0. The van der Waals surface area contributed by atoms with Crippen molar-refractivity contribution in [2.75, 3.05) is 19.3 Å². The zero-order chi connectivity index (χ0) is 15.7. The number of carbonyl (C=O) groups is 1. The Morgan fingerprint density at radius 3 is 2.50 bits per heavy atom. The second-order valence-electron chi connectivity index (χ2n) is 5.70. The summed E-state index contributed by atoms with van der Waals surface area (Å²) in [6.07, 6.45) is 1.72. The summed E-state index contributed by atoms with van der Waals surface area (Å²) in [6.45, 7) is 2.54. The van der Waals surface area contributed by atoms with Crippen LogP contribution in [-0.4, -0.2) is 44.6 Å². The van der Waals surface area contributed by atoms with Crippen LogP contribution in [0.3, 0.4) is 0 Å². The standard InChI is InChI=1S/C14H21N3O3S.ClH/c1-14(15,11-6-4-3-5-7-11)13(18)17-9-8-12(10-17)16-21(2,19)20;/h3-7,12,16H,8-10,15H2,1-2H3;1H. The molecule has 1 aromatic carbocycles. The van der Waals surface area contributed by atoms with Crippen LogP contribution in [0.5, 0.6) is 0 Å². The van der Waals surface area contributed by atoms with Crippen LogP contribution in [-0.2, 0) is 20.4 Å². The summed E-state index contributed by atoms with van der Waals surface area (Å²) in [5.41, 5.74) is 5.84. The van der Waals surface area contributed by atoms with Crippen LogP contribution in [0.15, 0.2) is 30.3 Å². The van der Waals surface area contributed by atoms with Crippen molar-refractivity contribution in [2.45, 2.75) is 24.9 Å². The predicted molar refractivity (Wildman–Crippen MR) is 88.2 cm³/mol. The van der Waals surface area contributed by atoms with E-state index >= 15 is 0 Å². The quantitative estimate of drug-likeness (QED) is 0.826. The largest absolute Gasteiger partial charge is 0.339 e. The lowest BCUT2D eigenvalue weighted by Crippen LogP contribution is -2.51. The lowest BCUT2D eigenvalue weighted by Gasteiger charge is -2.29. The molecule has 0 bridgehead atoms. The third-order valence-electron chi connectivity index (χ3n) is 3.67. The van der Waals surface area contributed by atoms with Gasteiger partial charge in [0.1, 0.15) is 5.54 Å². The van der Waals surface area contributed by atoms with E-state index in [-0.39, 0.29) is 24.4 Å². The molecule has 0 aromatic heterocycles. The van der Waals surface area contributed by atoms with Crippen LogP contribution in [0, 0.1) is 0 Å².